The van der Waals surface area contributed by atoms with Crippen molar-refractivity contribution >= 4 is 5.97 Å². The van der Waals surface area contributed by atoms with Gasteiger partial charge >= 0.3 is 5.97 Å². The lowest BCUT2D eigenvalue weighted by molar-refractivity contribution is 0.0689. The molecule has 5 heteroatoms. The predicted octanol–water partition coefficient (Wildman–Crippen LogP) is 1.33. The van der Waals surface area contributed by atoms with Gasteiger partial charge in [0.1, 0.15) is 5.56 Å². The first-order valence-electron chi connectivity index (χ1n) is 4.70. The molecule has 5 nitrogen and oxygen atoms in total. The van der Waals surface area contributed by atoms with E-state index in [-0.39, 0.29) is 23.3 Å². The summed E-state index contributed by atoms with van der Waals surface area (Å²) in [5, 5.41) is 8.96. The molecule has 1 aromatic rings. The van der Waals surface area contributed by atoms with Crippen molar-refractivity contribution in [2.75, 3.05) is 6.61 Å². The first-order valence-corrected chi connectivity index (χ1v) is 4.70. The highest BCUT2D eigenvalue weighted by molar-refractivity contribution is 5.91. The Balaban J connectivity index is 2.47. The van der Waals surface area contributed by atoms with Gasteiger partial charge in [-0.25, -0.2) is 9.78 Å². The fourth-order valence-corrected chi connectivity index (χ4v) is 1.40. The molecular weight excluding hydrogens is 198 g/mol. The molecule has 1 aromatic heterocycles. The molecule has 80 valence electrons. The summed E-state index contributed by atoms with van der Waals surface area (Å²) in [6, 6.07) is 1.41. The minimum Gasteiger partial charge on any atom is -0.484 e. The van der Waals surface area contributed by atoms with Crippen LogP contribution in [-0.2, 0) is 0 Å². The number of nitrogens with zero attached hydrogens (tertiary/aromatic N) is 1. The Labute approximate surface area is 86.7 Å². The smallest absolute Gasteiger partial charge is 0.339 e. The third kappa shape index (κ3) is 1.86. The van der Waals surface area contributed by atoms with Crippen LogP contribution in [0, 0.1) is 0 Å². The second kappa shape index (κ2) is 3.76. The quantitative estimate of drug-likeness (QED) is 0.755. The molecule has 0 amide bonds. The Kier molecular flexibility index (Phi) is 2.45. The molecule has 0 saturated heterocycles. The van der Waals surface area contributed by atoms with Crippen LogP contribution in [0.15, 0.2) is 12.3 Å². The van der Waals surface area contributed by atoms with Gasteiger partial charge in [0.05, 0.1) is 12.7 Å². The molecule has 0 bridgehead atoms. The van der Waals surface area contributed by atoms with Gasteiger partial charge in [-0.2, -0.15) is 0 Å². The van der Waals surface area contributed by atoms with E-state index in [0.717, 1.165) is 6.42 Å². The molecule has 1 N–H and O–H groups in total. The topological polar surface area (TPSA) is 68.7 Å². The lowest BCUT2D eigenvalue weighted by atomic mass is 10.2. The predicted molar refractivity (Wildman–Crippen MR) is 51.4 cm³/mol. The Morgan fingerprint density at radius 3 is 3.20 bits per heavy atom. The van der Waals surface area contributed by atoms with Crippen molar-refractivity contribution in [3.05, 3.63) is 17.8 Å². The fourth-order valence-electron chi connectivity index (χ4n) is 1.40. The zero-order valence-electron chi connectivity index (χ0n) is 8.27. The molecule has 2 rings (SSSR count). The Hall–Kier alpha value is -1.78. The lowest BCUT2D eigenvalue weighted by Gasteiger charge is -2.11. The van der Waals surface area contributed by atoms with Crippen molar-refractivity contribution in [1.82, 2.24) is 4.98 Å². The van der Waals surface area contributed by atoms with E-state index < -0.39 is 5.97 Å². The number of aromatic carboxylic acids is 1. The van der Waals surface area contributed by atoms with Crippen LogP contribution in [0.1, 0.15) is 23.7 Å². The lowest BCUT2D eigenvalue weighted by Crippen LogP contribution is -2.13. The van der Waals surface area contributed by atoms with Crippen molar-refractivity contribution in [2.24, 2.45) is 0 Å². The first kappa shape index (κ1) is 9.76. The molecule has 15 heavy (non-hydrogen) atoms. The van der Waals surface area contributed by atoms with E-state index in [1.54, 1.807) is 0 Å². The van der Waals surface area contributed by atoms with Crippen LogP contribution >= 0.6 is 0 Å². The molecule has 1 aliphatic rings. The van der Waals surface area contributed by atoms with Crippen LogP contribution < -0.4 is 9.47 Å². The maximum atomic E-state index is 10.9. The minimum atomic E-state index is -1.04. The maximum Gasteiger partial charge on any atom is 0.339 e. The van der Waals surface area contributed by atoms with E-state index in [4.69, 9.17) is 14.6 Å². The average Bonchev–Trinajstić information content (AvgIpc) is 2.37. The molecule has 0 radical (unpaired) electrons. The minimum absolute atomic E-state index is 0.0615. The molecule has 1 atom stereocenters. The number of pyridine rings is 1. The van der Waals surface area contributed by atoms with E-state index in [9.17, 15) is 4.79 Å². The van der Waals surface area contributed by atoms with Crippen LogP contribution in [0.3, 0.4) is 0 Å². The molecule has 0 aromatic carbocycles. The van der Waals surface area contributed by atoms with E-state index in [2.05, 4.69) is 4.98 Å². The number of carbonyl (C=O) groups is 1. The highest BCUT2D eigenvalue weighted by Crippen LogP contribution is 2.32. The Bertz CT molecular complexity index is 391. The summed E-state index contributed by atoms with van der Waals surface area (Å²) >= 11 is 0. The van der Waals surface area contributed by atoms with Gasteiger partial charge in [0.25, 0.3) is 5.88 Å². The Morgan fingerprint density at radius 2 is 2.47 bits per heavy atom. The molecule has 0 saturated carbocycles. The number of rotatable bonds is 1. The van der Waals surface area contributed by atoms with Crippen LogP contribution in [0.4, 0.5) is 0 Å². The third-order valence-electron chi connectivity index (χ3n) is 2.18. The standard InChI is InChI=1S/C10H11NO4/c1-6-3-5-14-9-8(15-6)7(10(12)13)2-4-11-9/h2,4,6H,3,5H2,1H3,(H,12,13)/t6-/m1/s1. The Morgan fingerprint density at radius 1 is 1.67 bits per heavy atom. The van der Waals surface area contributed by atoms with E-state index in [1.807, 2.05) is 6.92 Å². The summed E-state index contributed by atoms with van der Waals surface area (Å²) in [6.07, 6.45) is 2.06. The maximum absolute atomic E-state index is 10.9. The van der Waals surface area contributed by atoms with Crippen molar-refractivity contribution in [3.8, 4) is 11.6 Å². The molecule has 0 aliphatic carbocycles. The molecule has 1 aliphatic heterocycles. The monoisotopic (exact) mass is 209 g/mol. The van der Waals surface area contributed by atoms with Crippen LogP contribution in [0.2, 0.25) is 0 Å². The van der Waals surface area contributed by atoms with Gasteiger partial charge in [-0.3, -0.25) is 0 Å². The van der Waals surface area contributed by atoms with Gasteiger partial charge < -0.3 is 14.6 Å². The SMILES string of the molecule is C[C@@H]1CCOc2nccc(C(=O)O)c2O1. The second-order valence-corrected chi connectivity index (χ2v) is 3.36. The van der Waals surface area contributed by atoms with Gasteiger partial charge in [0.15, 0.2) is 5.75 Å². The number of hydrogen-bond acceptors (Lipinski definition) is 4. The van der Waals surface area contributed by atoms with Gasteiger partial charge in [-0.15, -0.1) is 0 Å². The third-order valence-corrected chi connectivity index (χ3v) is 2.18. The number of ether oxygens (including phenoxy) is 2. The molecule has 2 heterocycles. The van der Waals surface area contributed by atoms with Crippen LogP contribution in [0.5, 0.6) is 11.6 Å². The van der Waals surface area contributed by atoms with E-state index >= 15 is 0 Å². The highest BCUT2D eigenvalue weighted by atomic mass is 16.5. The molecule has 0 unspecified atom stereocenters. The molecule has 0 spiro atoms. The average molecular weight is 209 g/mol. The van der Waals surface area contributed by atoms with Crippen LogP contribution in [0.25, 0.3) is 0 Å². The van der Waals surface area contributed by atoms with Crippen molar-refractivity contribution in [1.29, 1.82) is 0 Å². The van der Waals surface area contributed by atoms with E-state index in [0.29, 0.717) is 6.61 Å². The van der Waals surface area contributed by atoms with Crippen molar-refractivity contribution < 1.29 is 19.4 Å². The fraction of sp³-hybridized carbons (Fsp3) is 0.400. The molecular formula is C10H11NO4. The summed E-state index contributed by atoms with van der Waals surface area (Å²) in [6.45, 7) is 2.36. The summed E-state index contributed by atoms with van der Waals surface area (Å²) in [4.78, 5) is 14.9. The van der Waals surface area contributed by atoms with E-state index in [1.165, 1.54) is 12.3 Å². The molecule has 0 fully saturated rings. The summed E-state index contributed by atoms with van der Waals surface area (Å²) in [7, 11) is 0. The number of carboxylic acid groups (broad SMARTS) is 1. The highest BCUT2D eigenvalue weighted by Gasteiger charge is 2.22. The van der Waals surface area contributed by atoms with Crippen molar-refractivity contribution in [3.63, 3.8) is 0 Å². The first-order chi connectivity index (χ1) is 7.18. The summed E-state index contributed by atoms with van der Waals surface area (Å²) in [5.41, 5.74) is 0.0914. The zero-order chi connectivity index (χ0) is 10.8. The zero-order valence-corrected chi connectivity index (χ0v) is 8.27. The number of carboxylic acids is 1. The van der Waals surface area contributed by atoms with Gasteiger partial charge in [-0.05, 0) is 13.0 Å². The summed E-state index contributed by atoms with van der Waals surface area (Å²) < 4.78 is 10.8. The van der Waals surface area contributed by atoms with Gasteiger partial charge in [-0.1, -0.05) is 0 Å². The van der Waals surface area contributed by atoms with Gasteiger partial charge in [0, 0.05) is 12.6 Å². The number of hydrogen-bond donors (Lipinski definition) is 1. The second-order valence-electron chi connectivity index (χ2n) is 3.36. The van der Waals surface area contributed by atoms with Gasteiger partial charge in [0.2, 0.25) is 0 Å². The number of fused-ring (bicyclic) bond motifs is 1. The number of aromatic nitrogens is 1. The summed E-state index contributed by atoms with van der Waals surface area (Å²) in [5.74, 6) is -0.541. The van der Waals surface area contributed by atoms with Crippen LogP contribution in [-0.4, -0.2) is 28.8 Å². The largest absolute Gasteiger partial charge is 0.484 e. The normalized spacial score (nSPS) is 19.4. The van der Waals surface area contributed by atoms with Crippen molar-refractivity contribution in [2.45, 2.75) is 19.4 Å².